The molecule has 2 N–H and O–H groups in total. The standard InChI is InChI=1S/C18H15N5O4/c1-10(24)20-18-22-15-14(16(25)23-18)21-13(9-19-15)8-5-11-3-6-12(7-4-11)17(26)27-2/h3-9H,1-2H3,(H2,19,20,22,23,24,25). The van der Waals surface area contributed by atoms with Crippen molar-refractivity contribution < 1.29 is 14.3 Å². The van der Waals surface area contributed by atoms with Crippen LogP contribution >= 0.6 is 0 Å². The number of benzene rings is 1. The van der Waals surface area contributed by atoms with Crippen molar-refractivity contribution in [1.29, 1.82) is 0 Å². The summed E-state index contributed by atoms with van der Waals surface area (Å²) in [6.07, 6.45) is 4.91. The van der Waals surface area contributed by atoms with E-state index in [1.165, 1.54) is 20.2 Å². The first-order chi connectivity index (χ1) is 13.0. The fourth-order valence-corrected chi connectivity index (χ4v) is 2.27. The maximum absolute atomic E-state index is 12.1. The second kappa shape index (κ2) is 7.56. The first-order valence-corrected chi connectivity index (χ1v) is 7.87. The molecule has 0 bridgehead atoms. The van der Waals surface area contributed by atoms with Gasteiger partial charge in [0, 0.05) is 6.92 Å². The van der Waals surface area contributed by atoms with Crippen LogP contribution in [0.5, 0.6) is 0 Å². The molecule has 3 rings (SSSR count). The number of esters is 1. The number of carbonyl (C=O) groups excluding carboxylic acids is 2. The molecular formula is C18H15N5O4. The molecule has 0 saturated carbocycles. The van der Waals surface area contributed by atoms with Gasteiger partial charge < -0.3 is 4.74 Å². The van der Waals surface area contributed by atoms with Gasteiger partial charge in [-0.3, -0.25) is 19.9 Å². The minimum absolute atomic E-state index is 0.0169. The first kappa shape index (κ1) is 17.9. The molecule has 0 aliphatic heterocycles. The van der Waals surface area contributed by atoms with Gasteiger partial charge >= 0.3 is 5.97 Å². The van der Waals surface area contributed by atoms with Crippen molar-refractivity contribution >= 4 is 41.1 Å². The van der Waals surface area contributed by atoms with E-state index in [0.717, 1.165) is 5.56 Å². The van der Waals surface area contributed by atoms with Crippen molar-refractivity contribution in [3.8, 4) is 0 Å². The van der Waals surface area contributed by atoms with Crippen LogP contribution in [0.4, 0.5) is 5.95 Å². The Labute approximate surface area is 153 Å². The summed E-state index contributed by atoms with van der Waals surface area (Å²) < 4.78 is 4.65. The number of carbonyl (C=O) groups is 2. The predicted molar refractivity (Wildman–Crippen MR) is 99.0 cm³/mol. The van der Waals surface area contributed by atoms with Crippen molar-refractivity contribution in [1.82, 2.24) is 19.9 Å². The van der Waals surface area contributed by atoms with E-state index in [0.29, 0.717) is 11.3 Å². The number of H-pyrrole nitrogens is 1. The minimum Gasteiger partial charge on any atom is -0.465 e. The zero-order valence-corrected chi connectivity index (χ0v) is 14.5. The Kier molecular flexibility index (Phi) is 5.02. The molecule has 0 unspecified atom stereocenters. The number of anilines is 1. The number of aromatic amines is 1. The van der Waals surface area contributed by atoms with Crippen LogP contribution in [0.2, 0.25) is 0 Å². The third-order valence-electron chi connectivity index (χ3n) is 3.51. The third-order valence-corrected chi connectivity index (χ3v) is 3.51. The van der Waals surface area contributed by atoms with Crippen LogP contribution in [0.1, 0.15) is 28.5 Å². The molecule has 2 heterocycles. The lowest BCUT2D eigenvalue weighted by Gasteiger charge is -2.02. The molecular weight excluding hydrogens is 350 g/mol. The van der Waals surface area contributed by atoms with Crippen LogP contribution in [0.3, 0.4) is 0 Å². The Morgan fingerprint density at radius 3 is 2.56 bits per heavy atom. The number of fused-ring (bicyclic) bond motifs is 1. The number of nitrogens with zero attached hydrogens (tertiary/aromatic N) is 3. The molecule has 2 aromatic heterocycles. The topological polar surface area (TPSA) is 127 Å². The molecule has 0 aliphatic carbocycles. The zero-order chi connectivity index (χ0) is 19.4. The predicted octanol–water partition coefficient (Wildman–Crippen LogP) is 1.63. The van der Waals surface area contributed by atoms with Crippen molar-refractivity contribution in [2.24, 2.45) is 0 Å². The molecule has 0 radical (unpaired) electrons. The van der Waals surface area contributed by atoms with E-state index < -0.39 is 11.5 Å². The van der Waals surface area contributed by atoms with Gasteiger partial charge in [0.05, 0.1) is 24.6 Å². The Bertz CT molecular complexity index is 1100. The van der Waals surface area contributed by atoms with Gasteiger partial charge in [0.15, 0.2) is 11.2 Å². The quantitative estimate of drug-likeness (QED) is 0.673. The maximum Gasteiger partial charge on any atom is 0.337 e. The highest BCUT2D eigenvalue weighted by atomic mass is 16.5. The van der Waals surface area contributed by atoms with Gasteiger partial charge in [-0.15, -0.1) is 0 Å². The molecule has 3 aromatic rings. The highest BCUT2D eigenvalue weighted by Gasteiger charge is 2.08. The normalized spacial score (nSPS) is 10.9. The van der Waals surface area contributed by atoms with E-state index in [-0.39, 0.29) is 23.0 Å². The van der Waals surface area contributed by atoms with E-state index in [9.17, 15) is 14.4 Å². The summed E-state index contributed by atoms with van der Waals surface area (Å²) in [5.74, 6) is -0.747. The summed E-state index contributed by atoms with van der Waals surface area (Å²) in [7, 11) is 1.32. The number of methoxy groups -OCH3 is 1. The van der Waals surface area contributed by atoms with Crippen molar-refractivity contribution in [3.05, 3.63) is 57.6 Å². The van der Waals surface area contributed by atoms with Crippen LogP contribution in [-0.2, 0) is 9.53 Å². The van der Waals surface area contributed by atoms with E-state index in [1.54, 1.807) is 36.4 Å². The van der Waals surface area contributed by atoms with Gasteiger partial charge in [-0.2, -0.15) is 4.98 Å². The van der Waals surface area contributed by atoms with Crippen LogP contribution in [-0.4, -0.2) is 38.9 Å². The first-order valence-electron chi connectivity index (χ1n) is 7.87. The van der Waals surface area contributed by atoms with Crippen LogP contribution in [0, 0.1) is 0 Å². The van der Waals surface area contributed by atoms with Crippen molar-refractivity contribution in [2.75, 3.05) is 12.4 Å². The third kappa shape index (κ3) is 4.21. The zero-order valence-electron chi connectivity index (χ0n) is 14.5. The average Bonchev–Trinajstić information content (AvgIpc) is 2.66. The van der Waals surface area contributed by atoms with E-state index in [1.807, 2.05) is 0 Å². The lowest BCUT2D eigenvalue weighted by atomic mass is 10.1. The summed E-state index contributed by atoms with van der Waals surface area (Å²) in [5.41, 5.74) is 1.42. The number of aromatic nitrogens is 4. The van der Waals surface area contributed by atoms with Crippen LogP contribution < -0.4 is 10.9 Å². The maximum atomic E-state index is 12.1. The van der Waals surface area contributed by atoms with Gasteiger partial charge in [0.25, 0.3) is 5.56 Å². The molecule has 1 amide bonds. The largest absolute Gasteiger partial charge is 0.465 e. The highest BCUT2D eigenvalue weighted by Crippen LogP contribution is 2.11. The van der Waals surface area contributed by atoms with Gasteiger partial charge in [-0.25, -0.2) is 14.8 Å². The lowest BCUT2D eigenvalue weighted by Crippen LogP contribution is -2.17. The number of hydrogen-bond donors (Lipinski definition) is 2. The molecule has 0 saturated heterocycles. The smallest absolute Gasteiger partial charge is 0.337 e. The number of rotatable bonds is 4. The Hall–Kier alpha value is -3.88. The molecule has 0 aliphatic rings. The average molecular weight is 365 g/mol. The second-order valence-electron chi connectivity index (χ2n) is 5.51. The van der Waals surface area contributed by atoms with Crippen molar-refractivity contribution in [3.63, 3.8) is 0 Å². The van der Waals surface area contributed by atoms with Crippen molar-refractivity contribution in [2.45, 2.75) is 6.92 Å². The van der Waals surface area contributed by atoms with Crippen LogP contribution in [0.25, 0.3) is 23.3 Å². The summed E-state index contributed by atoms with van der Waals surface area (Å²) in [6.45, 7) is 1.31. The molecule has 0 fully saturated rings. The second-order valence-corrected chi connectivity index (χ2v) is 5.51. The Morgan fingerprint density at radius 1 is 1.15 bits per heavy atom. The molecule has 0 atom stereocenters. The highest BCUT2D eigenvalue weighted by molar-refractivity contribution is 5.89. The monoisotopic (exact) mass is 365 g/mol. The molecule has 136 valence electrons. The summed E-state index contributed by atoms with van der Waals surface area (Å²) >= 11 is 0. The number of ether oxygens (including phenoxy) is 1. The Morgan fingerprint density at radius 2 is 1.89 bits per heavy atom. The number of amides is 1. The Balaban J connectivity index is 1.86. The summed E-state index contributed by atoms with van der Waals surface area (Å²) in [4.78, 5) is 49.4. The summed E-state index contributed by atoms with van der Waals surface area (Å²) in [5, 5.41) is 2.40. The number of hydrogen-bond acceptors (Lipinski definition) is 7. The molecule has 9 nitrogen and oxygen atoms in total. The van der Waals surface area contributed by atoms with E-state index in [4.69, 9.17) is 0 Å². The van der Waals surface area contributed by atoms with Gasteiger partial charge in [-0.05, 0) is 23.8 Å². The molecule has 1 aromatic carbocycles. The SMILES string of the molecule is COC(=O)c1ccc(C=Cc2cnc3nc(NC(C)=O)[nH]c(=O)c3n2)cc1. The van der Waals surface area contributed by atoms with Gasteiger partial charge in [0.1, 0.15) is 0 Å². The number of nitrogens with one attached hydrogen (secondary N) is 2. The van der Waals surface area contributed by atoms with E-state index in [2.05, 4.69) is 30.0 Å². The van der Waals surface area contributed by atoms with Crippen LogP contribution in [0.15, 0.2) is 35.3 Å². The fourth-order valence-electron chi connectivity index (χ4n) is 2.27. The van der Waals surface area contributed by atoms with Gasteiger partial charge in [-0.1, -0.05) is 18.2 Å². The minimum atomic E-state index is -0.506. The molecule has 27 heavy (non-hydrogen) atoms. The molecule has 0 spiro atoms. The lowest BCUT2D eigenvalue weighted by molar-refractivity contribution is -0.114. The van der Waals surface area contributed by atoms with Gasteiger partial charge in [0.2, 0.25) is 11.9 Å². The fraction of sp³-hybridized carbons (Fsp3) is 0.111. The molecule has 9 heteroatoms. The van der Waals surface area contributed by atoms with E-state index >= 15 is 0 Å². The summed E-state index contributed by atoms with van der Waals surface area (Å²) in [6, 6.07) is 6.81.